The molecule has 0 bridgehead atoms. The van der Waals surface area contributed by atoms with E-state index in [4.69, 9.17) is 27.5 Å². The number of halogens is 1. The molecule has 1 aromatic rings. The number of aliphatic carboxylic acids is 1. The van der Waals surface area contributed by atoms with Gasteiger partial charge in [0.15, 0.2) is 6.04 Å². The van der Waals surface area contributed by atoms with Crippen LogP contribution in [-0.2, 0) is 4.79 Å². The number of unbranched alkanes of at least 4 members (excludes halogenated alkanes) is 1. The molecule has 5 nitrogen and oxygen atoms in total. The maximum Gasteiger partial charge on any atom is 0.325 e. The number of benzene rings is 1. The van der Waals surface area contributed by atoms with Gasteiger partial charge in [-0.3, -0.25) is 4.79 Å². The summed E-state index contributed by atoms with van der Waals surface area (Å²) >= 11 is 5.85. The predicted molar refractivity (Wildman–Crippen MR) is 69.1 cm³/mol. The van der Waals surface area contributed by atoms with Crippen molar-refractivity contribution in [2.75, 3.05) is 6.54 Å². The zero-order chi connectivity index (χ0) is 13.4. The van der Waals surface area contributed by atoms with Crippen LogP contribution in [0, 0.1) is 0 Å². The molecule has 0 heterocycles. The lowest BCUT2D eigenvalue weighted by Crippen LogP contribution is -2.37. The highest BCUT2D eigenvalue weighted by atomic mass is 35.5. The Bertz CT molecular complexity index is 362. The Morgan fingerprint density at radius 1 is 1.39 bits per heavy atom. The summed E-state index contributed by atoms with van der Waals surface area (Å²) in [6, 6.07) is 7.91. The number of carboxylic acids is 1. The van der Waals surface area contributed by atoms with Crippen molar-refractivity contribution in [1.82, 2.24) is 4.58 Å². The van der Waals surface area contributed by atoms with Gasteiger partial charge < -0.3 is 15.7 Å². The molecule has 1 rings (SSSR count). The molecule has 0 aromatic heterocycles. The van der Waals surface area contributed by atoms with Crippen molar-refractivity contribution in [3.05, 3.63) is 30.3 Å². The second-order valence-corrected chi connectivity index (χ2v) is 4.15. The molecule has 0 saturated heterocycles. The van der Waals surface area contributed by atoms with Gasteiger partial charge in [0.1, 0.15) is 5.75 Å². The van der Waals surface area contributed by atoms with E-state index in [-0.39, 0.29) is 0 Å². The van der Waals surface area contributed by atoms with E-state index in [2.05, 4.69) is 0 Å². The number of carboxylic acid groups (broad SMARTS) is 1. The lowest BCUT2D eigenvalue weighted by atomic mass is 10.1. The standard InChI is InChI=1S/C12H17ClN2O3/c13-15(18-10-6-2-1-3-7-10)11(12(16)17)8-4-5-9-14/h1-3,6-7,11H,4-5,8-9,14H2,(H,16,17)/t11-/m0/s1. The number of carbonyl (C=O) groups is 1. The van der Waals surface area contributed by atoms with E-state index < -0.39 is 12.0 Å². The monoisotopic (exact) mass is 272 g/mol. The van der Waals surface area contributed by atoms with Crippen LogP contribution >= 0.6 is 11.8 Å². The highest BCUT2D eigenvalue weighted by Crippen LogP contribution is 2.17. The summed E-state index contributed by atoms with van der Waals surface area (Å²) in [4.78, 5) is 16.3. The van der Waals surface area contributed by atoms with Gasteiger partial charge in [0.2, 0.25) is 0 Å². The third kappa shape index (κ3) is 4.91. The van der Waals surface area contributed by atoms with Crippen LogP contribution in [0.5, 0.6) is 5.75 Å². The number of hydrogen-bond donors (Lipinski definition) is 2. The van der Waals surface area contributed by atoms with Crippen molar-refractivity contribution in [3.63, 3.8) is 0 Å². The van der Waals surface area contributed by atoms with Gasteiger partial charge in [0.25, 0.3) is 0 Å². The Hall–Kier alpha value is -1.30. The Balaban J connectivity index is 2.54. The fraction of sp³-hybridized carbons (Fsp3) is 0.417. The molecule has 0 aliphatic rings. The first-order valence-electron chi connectivity index (χ1n) is 5.76. The minimum absolute atomic E-state index is 0.392. The van der Waals surface area contributed by atoms with Gasteiger partial charge in [-0.15, -0.1) is 0 Å². The third-order valence-electron chi connectivity index (χ3n) is 2.40. The number of hydrogen-bond acceptors (Lipinski definition) is 4. The molecule has 18 heavy (non-hydrogen) atoms. The van der Waals surface area contributed by atoms with Gasteiger partial charge in [-0.1, -0.05) is 18.2 Å². The van der Waals surface area contributed by atoms with E-state index in [1.54, 1.807) is 24.3 Å². The summed E-state index contributed by atoms with van der Waals surface area (Å²) in [6.45, 7) is 0.536. The van der Waals surface area contributed by atoms with Crippen LogP contribution in [0.3, 0.4) is 0 Å². The molecule has 0 saturated carbocycles. The Morgan fingerprint density at radius 3 is 2.61 bits per heavy atom. The molecule has 0 spiro atoms. The molecule has 0 radical (unpaired) electrons. The average Bonchev–Trinajstić information content (AvgIpc) is 2.35. The number of para-hydroxylation sites is 1. The lowest BCUT2D eigenvalue weighted by Gasteiger charge is -2.21. The molecule has 0 fully saturated rings. The van der Waals surface area contributed by atoms with Crippen molar-refractivity contribution in [2.45, 2.75) is 25.3 Å². The lowest BCUT2D eigenvalue weighted by molar-refractivity contribution is -0.149. The van der Waals surface area contributed by atoms with Gasteiger partial charge in [-0.2, -0.15) is 0 Å². The normalized spacial score (nSPS) is 12.4. The van der Waals surface area contributed by atoms with Crippen molar-refractivity contribution >= 4 is 17.7 Å². The van der Waals surface area contributed by atoms with Crippen molar-refractivity contribution in [3.8, 4) is 5.75 Å². The molecule has 0 unspecified atom stereocenters. The zero-order valence-electron chi connectivity index (χ0n) is 9.96. The maximum atomic E-state index is 11.1. The minimum atomic E-state index is -1.02. The van der Waals surface area contributed by atoms with Gasteiger partial charge in [-0.25, -0.2) is 0 Å². The number of nitrogens with zero attached hydrogens (tertiary/aromatic N) is 1. The second kappa shape index (κ2) is 7.92. The van der Waals surface area contributed by atoms with E-state index in [1.165, 1.54) is 0 Å². The summed E-state index contributed by atoms with van der Waals surface area (Å²) in [5, 5.41) is 9.08. The average molecular weight is 273 g/mol. The smallest absolute Gasteiger partial charge is 0.325 e. The molecule has 0 aliphatic carbocycles. The zero-order valence-corrected chi connectivity index (χ0v) is 10.7. The molecule has 1 atom stereocenters. The third-order valence-corrected chi connectivity index (χ3v) is 2.70. The molecule has 1 aromatic carbocycles. The van der Waals surface area contributed by atoms with Crippen molar-refractivity contribution in [2.24, 2.45) is 5.73 Å². The molecule has 0 amide bonds. The van der Waals surface area contributed by atoms with E-state index in [0.717, 1.165) is 11.0 Å². The first-order chi connectivity index (χ1) is 8.65. The summed E-state index contributed by atoms with van der Waals surface area (Å²) in [5.41, 5.74) is 5.37. The van der Waals surface area contributed by atoms with Crippen LogP contribution in [0.2, 0.25) is 0 Å². The summed E-state index contributed by atoms with van der Waals surface area (Å²) in [7, 11) is 0. The van der Waals surface area contributed by atoms with Crippen molar-refractivity contribution in [1.29, 1.82) is 0 Å². The highest BCUT2D eigenvalue weighted by molar-refractivity contribution is 6.14. The van der Waals surface area contributed by atoms with Gasteiger partial charge >= 0.3 is 5.97 Å². The highest BCUT2D eigenvalue weighted by Gasteiger charge is 2.26. The van der Waals surface area contributed by atoms with Crippen molar-refractivity contribution < 1.29 is 14.7 Å². The first-order valence-corrected chi connectivity index (χ1v) is 6.10. The van der Waals surface area contributed by atoms with Crippen LogP contribution < -0.4 is 10.6 Å². The SMILES string of the molecule is NCCCC[C@@H](C(=O)O)N(Cl)Oc1ccccc1. The summed E-state index contributed by atoms with van der Waals surface area (Å²) in [5.74, 6) is -0.518. The van der Waals surface area contributed by atoms with E-state index >= 15 is 0 Å². The van der Waals surface area contributed by atoms with Crippen LogP contribution in [0.1, 0.15) is 19.3 Å². The largest absolute Gasteiger partial charge is 0.480 e. The molecular weight excluding hydrogens is 256 g/mol. The predicted octanol–water partition coefficient (Wildman–Crippen LogP) is 2.02. The van der Waals surface area contributed by atoms with E-state index in [9.17, 15) is 4.79 Å². The second-order valence-electron chi connectivity index (χ2n) is 3.81. The molecule has 3 N–H and O–H groups in total. The van der Waals surface area contributed by atoms with E-state index in [1.807, 2.05) is 6.07 Å². The maximum absolute atomic E-state index is 11.1. The first kappa shape index (κ1) is 14.8. The fourth-order valence-electron chi connectivity index (χ4n) is 1.44. The molecule has 6 heteroatoms. The number of nitrogens with two attached hydrogens (primary N) is 1. The Kier molecular flexibility index (Phi) is 6.49. The van der Waals surface area contributed by atoms with Gasteiger partial charge in [-0.05, 0) is 42.5 Å². The quantitative estimate of drug-likeness (QED) is 0.430. The Labute approximate surface area is 111 Å². The molecule has 100 valence electrons. The van der Waals surface area contributed by atoms with Crippen LogP contribution in [0.15, 0.2) is 30.3 Å². The number of hydroxylamine groups is 1. The summed E-state index contributed by atoms with van der Waals surface area (Å²) in [6.07, 6.45) is 1.84. The minimum Gasteiger partial charge on any atom is -0.480 e. The van der Waals surface area contributed by atoms with E-state index in [0.29, 0.717) is 25.1 Å². The molecular formula is C12H17ClN2O3. The topological polar surface area (TPSA) is 75.8 Å². The van der Waals surface area contributed by atoms with Gasteiger partial charge in [0, 0.05) is 11.8 Å². The molecule has 0 aliphatic heterocycles. The van der Waals surface area contributed by atoms with Gasteiger partial charge in [0.05, 0.1) is 0 Å². The fourth-order valence-corrected chi connectivity index (χ4v) is 1.70. The van der Waals surface area contributed by atoms with Crippen LogP contribution in [0.25, 0.3) is 0 Å². The van der Waals surface area contributed by atoms with Crippen LogP contribution in [-0.4, -0.2) is 28.2 Å². The Morgan fingerprint density at radius 2 is 2.06 bits per heavy atom. The summed E-state index contributed by atoms with van der Waals surface area (Å²) < 4.78 is 0.855. The number of rotatable bonds is 8. The van der Waals surface area contributed by atoms with Crippen LogP contribution in [0.4, 0.5) is 0 Å².